The number of amides is 1. The van der Waals surface area contributed by atoms with E-state index < -0.39 is 5.91 Å². The van der Waals surface area contributed by atoms with E-state index in [0.717, 1.165) is 29.9 Å². The lowest BCUT2D eigenvalue weighted by molar-refractivity contribution is -0.117. The monoisotopic (exact) mass is 567 g/mol. The second kappa shape index (κ2) is 13.8. The maximum atomic E-state index is 12.9. The smallest absolute Gasteiger partial charge is 0.262 e. The fraction of sp³-hybridized carbons (Fsp3) is 0.219. The highest BCUT2D eigenvalue weighted by molar-refractivity contribution is 6.31. The van der Waals surface area contributed by atoms with Gasteiger partial charge in [0.2, 0.25) is 0 Å². The predicted octanol–water partition coefficient (Wildman–Crippen LogP) is 5.13. The SMILES string of the molecule is N#CC(=Cc1cn(-c2ccccc2)nc1-c1ccc(OCc2ccccc2Cl)cc1)C(=O)NCCN1CCOCC1. The maximum Gasteiger partial charge on any atom is 0.262 e. The van der Waals surface area contributed by atoms with E-state index in [4.69, 9.17) is 26.2 Å². The van der Waals surface area contributed by atoms with Gasteiger partial charge in [-0.1, -0.05) is 48.0 Å². The molecule has 41 heavy (non-hydrogen) atoms. The van der Waals surface area contributed by atoms with Crippen LogP contribution in [0.5, 0.6) is 5.75 Å². The number of nitrogens with zero attached hydrogens (tertiary/aromatic N) is 4. The summed E-state index contributed by atoms with van der Waals surface area (Å²) in [6.45, 7) is 4.56. The number of morpholine rings is 1. The van der Waals surface area contributed by atoms with Crippen LogP contribution in [0.25, 0.3) is 23.0 Å². The Hall–Kier alpha value is -4.42. The first-order valence-corrected chi connectivity index (χ1v) is 13.8. The summed E-state index contributed by atoms with van der Waals surface area (Å²) in [7, 11) is 0. The van der Waals surface area contributed by atoms with Crippen molar-refractivity contribution in [3.05, 3.63) is 107 Å². The van der Waals surface area contributed by atoms with E-state index in [1.54, 1.807) is 10.8 Å². The molecule has 0 saturated carbocycles. The van der Waals surface area contributed by atoms with Gasteiger partial charge in [-0.15, -0.1) is 0 Å². The van der Waals surface area contributed by atoms with Crippen molar-refractivity contribution < 1.29 is 14.3 Å². The molecule has 2 heterocycles. The quantitative estimate of drug-likeness (QED) is 0.211. The average molecular weight is 568 g/mol. The highest BCUT2D eigenvalue weighted by Gasteiger charge is 2.16. The van der Waals surface area contributed by atoms with Crippen molar-refractivity contribution >= 4 is 23.6 Å². The van der Waals surface area contributed by atoms with Crippen LogP contribution in [0.3, 0.4) is 0 Å². The zero-order valence-electron chi connectivity index (χ0n) is 22.5. The molecule has 0 radical (unpaired) electrons. The summed E-state index contributed by atoms with van der Waals surface area (Å²) in [5.74, 6) is 0.271. The Labute approximate surface area is 244 Å². The van der Waals surface area contributed by atoms with Crippen LogP contribution in [0, 0.1) is 11.3 Å². The first-order chi connectivity index (χ1) is 20.1. The Morgan fingerprint density at radius 3 is 2.51 bits per heavy atom. The summed E-state index contributed by atoms with van der Waals surface area (Å²) < 4.78 is 13.1. The third-order valence-corrected chi connectivity index (χ3v) is 7.09. The standard InChI is InChI=1S/C32H30ClN5O3/c33-30-9-5-4-6-25(30)23-41-29-12-10-24(11-13-29)31-27(22-38(36-31)28-7-2-1-3-8-28)20-26(21-34)32(39)35-14-15-37-16-18-40-19-17-37/h1-13,20,22H,14-19,23H2,(H,35,39). The van der Waals surface area contributed by atoms with E-state index in [0.29, 0.717) is 54.9 Å². The Bertz CT molecular complexity index is 1540. The zero-order chi connectivity index (χ0) is 28.4. The summed E-state index contributed by atoms with van der Waals surface area (Å²) in [4.78, 5) is 15.1. The number of ether oxygens (including phenoxy) is 2. The largest absolute Gasteiger partial charge is 0.489 e. The van der Waals surface area contributed by atoms with E-state index >= 15 is 0 Å². The first kappa shape index (κ1) is 28.1. The van der Waals surface area contributed by atoms with Gasteiger partial charge in [0.05, 0.1) is 24.6 Å². The second-order valence-electron chi connectivity index (χ2n) is 9.50. The van der Waals surface area contributed by atoms with Crippen LogP contribution >= 0.6 is 11.6 Å². The van der Waals surface area contributed by atoms with Crippen molar-refractivity contribution in [3.63, 3.8) is 0 Å². The second-order valence-corrected chi connectivity index (χ2v) is 9.90. The molecule has 8 nitrogen and oxygen atoms in total. The van der Waals surface area contributed by atoms with Gasteiger partial charge in [-0.2, -0.15) is 10.4 Å². The topological polar surface area (TPSA) is 92.4 Å². The molecule has 0 aliphatic carbocycles. The van der Waals surface area contributed by atoms with Crippen LogP contribution in [-0.2, 0) is 16.1 Å². The predicted molar refractivity (Wildman–Crippen MR) is 159 cm³/mol. The molecule has 0 spiro atoms. The number of para-hydroxylation sites is 1. The molecule has 3 aromatic carbocycles. The minimum absolute atomic E-state index is 0.0144. The molecular weight excluding hydrogens is 538 g/mol. The molecule has 1 N–H and O–H groups in total. The Morgan fingerprint density at radius 1 is 1.05 bits per heavy atom. The summed E-state index contributed by atoms with van der Waals surface area (Å²) in [6, 6.07) is 26.9. The molecule has 0 bridgehead atoms. The van der Waals surface area contributed by atoms with Gasteiger partial charge < -0.3 is 14.8 Å². The lowest BCUT2D eigenvalue weighted by atomic mass is 10.1. The van der Waals surface area contributed by atoms with Gasteiger partial charge in [0, 0.05) is 54.1 Å². The van der Waals surface area contributed by atoms with Crippen LogP contribution in [0.1, 0.15) is 11.1 Å². The number of carbonyl (C=O) groups excluding carboxylic acids is 1. The summed E-state index contributed by atoms with van der Waals surface area (Å²) >= 11 is 6.25. The lowest BCUT2D eigenvalue weighted by Gasteiger charge is -2.26. The lowest BCUT2D eigenvalue weighted by Crippen LogP contribution is -2.41. The first-order valence-electron chi connectivity index (χ1n) is 13.4. The van der Waals surface area contributed by atoms with Gasteiger partial charge in [0.1, 0.15) is 24.0 Å². The van der Waals surface area contributed by atoms with Crippen molar-refractivity contribution in [2.45, 2.75) is 6.61 Å². The van der Waals surface area contributed by atoms with Crippen molar-refractivity contribution in [3.8, 4) is 28.8 Å². The van der Waals surface area contributed by atoms with E-state index in [1.807, 2.05) is 85.1 Å². The number of benzene rings is 3. The van der Waals surface area contributed by atoms with E-state index in [2.05, 4.69) is 16.3 Å². The molecule has 4 aromatic rings. The van der Waals surface area contributed by atoms with Crippen LogP contribution in [-0.4, -0.2) is 60.0 Å². The van der Waals surface area contributed by atoms with Gasteiger partial charge in [-0.05, 0) is 48.5 Å². The van der Waals surface area contributed by atoms with Gasteiger partial charge in [-0.3, -0.25) is 9.69 Å². The Kier molecular flexibility index (Phi) is 9.45. The summed E-state index contributed by atoms with van der Waals surface area (Å²) in [5, 5.41) is 18.2. The molecule has 0 atom stereocenters. The van der Waals surface area contributed by atoms with E-state index in [9.17, 15) is 10.1 Å². The molecule has 1 aliphatic heterocycles. The number of hydrogen-bond acceptors (Lipinski definition) is 6. The van der Waals surface area contributed by atoms with Gasteiger partial charge in [0.25, 0.3) is 5.91 Å². The van der Waals surface area contributed by atoms with Crippen LogP contribution < -0.4 is 10.1 Å². The van der Waals surface area contributed by atoms with Crippen molar-refractivity contribution in [1.82, 2.24) is 20.0 Å². The Balaban J connectivity index is 1.36. The average Bonchev–Trinajstić information content (AvgIpc) is 3.44. The molecule has 1 saturated heterocycles. The van der Waals surface area contributed by atoms with Gasteiger partial charge in [-0.25, -0.2) is 4.68 Å². The molecule has 1 aliphatic rings. The summed E-state index contributed by atoms with van der Waals surface area (Å²) in [5.41, 5.74) is 3.89. The number of carbonyl (C=O) groups is 1. The molecule has 9 heteroatoms. The number of hydrogen-bond donors (Lipinski definition) is 1. The molecule has 1 amide bonds. The normalized spacial score (nSPS) is 13.9. The fourth-order valence-corrected chi connectivity index (χ4v) is 4.66. The molecular formula is C32H30ClN5O3. The fourth-order valence-electron chi connectivity index (χ4n) is 4.47. The van der Waals surface area contributed by atoms with E-state index in [-0.39, 0.29) is 5.57 Å². The number of nitrogens with one attached hydrogen (secondary N) is 1. The molecule has 5 rings (SSSR count). The molecule has 0 unspecified atom stereocenters. The zero-order valence-corrected chi connectivity index (χ0v) is 23.3. The number of rotatable bonds is 10. The minimum Gasteiger partial charge on any atom is -0.489 e. The maximum absolute atomic E-state index is 12.9. The number of aromatic nitrogens is 2. The van der Waals surface area contributed by atoms with Crippen LogP contribution in [0.15, 0.2) is 90.6 Å². The van der Waals surface area contributed by atoms with Crippen molar-refractivity contribution in [1.29, 1.82) is 5.26 Å². The Morgan fingerprint density at radius 2 is 1.78 bits per heavy atom. The van der Waals surface area contributed by atoms with Crippen molar-refractivity contribution in [2.24, 2.45) is 0 Å². The minimum atomic E-state index is -0.414. The third kappa shape index (κ3) is 7.41. The molecule has 208 valence electrons. The van der Waals surface area contributed by atoms with Gasteiger partial charge in [0.15, 0.2) is 0 Å². The molecule has 1 aromatic heterocycles. The third-order valence-electron chi connectivity index (χ3n) is 6.73. The number of nitriles is 1. The summed E-state index contributed by atoms with van der Waals surface area (Å²) in [6.07, 6.45) is 3.42. The van der Waals surface area contributed by atoms with Crippen molar-refractivity contribution in [2.75, 3.05) is 39.4 Å². The van der Waals surface area contributed by atoms with Crippen LogP contribution in [0.4, 0.5) is 0 Å². The highest BCUT2D eigenvalue weighted by atomic mass is 35.5. The molecule has 1 fully saturated rings. The van der Waals surface area contributed by atoms with Crippen LogP contribution in [0.2, 0.25) is 5.02 Å². The van der Waals surface area contributed by atoms with E-state index in [1.165, 1.54) is 0 Å². The van der Waals surface area contributed by atoms with Gasteiger partial charge >= 0.3 is 0 Å². The number of halogens is 1. The highest BCUT2D eigenvalue weighted by Crippen LogP contribution is 2.28.